The van der Waals surface area contributed by atoms with Crippen molar-refractivity contribution in [3.8, 4) is 6.07 Å². The van der Waals surface area contributed by atoms with Crippen LogP contribution in [-0.2, 0) is 19.0 Å². The molecule has 1 N–H and O–H groups in total. The van der Waals surface area contributed by atoms with E-state index >= 15 is 0 Å². The fourth-order valence-corrected chi connectivity index (χ4v) is 3.24. The Morgan fingerprint density at radius 2 is 1.53 bits per heavy atom. The summed E-state index contributed by atoms with van der Waals surface area (Å²) in [6, 6.07) is 9.69. The van der Waals surface area contributed by atoms with E-state index in [4.69, 9.17) is 14.2 Å². The summed E-state index contributed by atoms with van der Waals surface area (Å²) in [5, 5.41) is 18.9. The summed E-state index contributed by atoms with van der Waals surface area (Å²) in [5.74, 6) is -1.22. The van der Waals surface area contributed by atoms with Gasteiger partial charge in [-0.25, -0.2) is 4.79 Å². The third-order valence-electron chi connectivity index (χ3n) is 5.07. The first-order valence-corrected chi connectivity index (χ1v) is 11.4. The Hall–Kier alpha value is -2.40. The van der Waals surface area contributed by atoms with E-state index in [1.807, 2.05) is 30.3 Å². The molecule has 0 saturated carbocycles. The van der Waals surface area contributed by atoms with Gasteiger partial charge in [0.25, 0.3) is 0 Å². The van der Waals surface area contributed by atoms with Crippen LogP contribution in [0.3, 0.4) is 0 Å². The van der Waals surface area contributed by atoms with Gasteiger partial charge in [0.2, 0.25) is 0 Å². The number of methoxy groups -OCH3 is 1. The van der Waals surface area contributed by atoms with Crippen LogP contribution in [0.25, 0.3) is 5.57 Å². The predicted octanol–water partition coefficient (Wildman–Crippen LogP) is 4.52. The van der Waals surface area contributed by atoms with Gasteiger partial charge in [0.1, 0.15) is 11.6 Å². The van der Waals surface area contributed by atoms with E-state index in [0.717, 1.165) is 50.0 Å². The first kappa shape index (κ1) is 27.6. The zero-order valence-electron chi connectivity index (χ0n) is 19.8. The normalized spacial score (nSPS) is 11.7. The minimum atomic E-state index is -1.22. The number of rotatable bonds is 18. The number of carbonyl (C=O) groups is 1. The maximum absolute atomic E-state index is 11.6. The number of nitriles is 1. The molecule has 0 bridgehead atoms. The lowest BCUT2D eigenvalue weighted by Gasteiger charge is -2.25. The lowest BCUT2D eigenvalue weighted by Crippen LogP contribution is -2.25. The Morgan fingerprint density at radius 3 is 2.03 bits per heavy atom. The van der Waals surface area contributed by atoms with Gasteiger partial charge >= 0.3 is 5.97 Å². The van der Waals surface area contributed by atoms with Crippen LogP contribution in [0.4, 0.5) is 5.69 Å². The molecule has 1 aromatic carbocycles. The van der Waals surface area contributed by atoms with E-state index in [9.17, 15) is 15.2 Å². The third-order valence-corrected chi connectivity index (χ3v) is 5.07. The molecule has 0 aliphatic rings. The highest BCUT2D eigenvalue weighted by molar-refractivity contribution is 6.00. The van der Waals surface area contributed by atoms with Crippen molar-refractivity contribution in [3.63, 3.8) is 0 Å². The quantitative estimate of drug-likeness (QED) is 0.201. The van der Waals surface area contributed by atoms with Gasteiger partial charge in [0.05, 0.1) is 33.0 Å². The van der Waals surface area contributed by atoms with E-state index in [0.29, 0.717) is 45.0 Å². The average Bonchev–Trinajstić information content (AvgIpc) is 2.80. The Labute approximate surface area is 192 Å². The second-order valence-corrected chi connectivity index (χ2v) is 7.48. The second-order valence-electron chi connectivity index (χ2n) is 7.48. The van der Waals surface area contributed by atoms with E-state index in [1.165, 1.54) is 0 Å². The van der Waals surface area contributed by atoms with Crippen LogP contribution in [0.15, 0.2) is 29.8 Å². The van der Waals surface area contributed by atoms with E-state index in [2.05, 4.69) is 18.7 Å². The molecule has 0 fully saturated rings. The van der Waals surface area contributed by atoms with Crippen molar-refractivity contribution in [2.24, 2.45) is 0 Å². The summed E-state index contributed by atoms with van der Waals surface area (Å²) in [5.41, 5.74) is 2.10. The number of carboxylic acids is 1. The van der Waals surface area contributed by atoms with Gasteiger partial charge in [-0.1, -0.05) is 38.8 Å². The monoisotopic (exact) mass is 446 g/mol. The van der Waals surface area contributed by atoms with Crippen LogP contribution in [0.2, 0.25) is 0 Å². The number of ether oxygens (including phenoxy) is 3. The number of hydrogen-bond donors (Lipinski definition) is 1. The first-order valence-electron chi connectivity index (χ1n) is 11.4. The van der Waals surface area contributed by atoms with E-state index < -0.39 is 5.97 Å². The van der Waals surface area contributed by atoms with Crippen molar-refractivity contribution in [2.75, 3.05) is 58.1 Å². The maximum Gasteiger partial charge on any atom is 0.346 e. The molecule has 0 spiro atoms. The molecule has 0 amide bonds. The summed E-state index contributed by atoms with van der Waals surface area (Å²) in [4.78, 5) is 14.0. The van der Waals surface area contributed by atoms with Crippen LogP contribution in [0.1, 0.15) is 51.5 Å². The third kappa shape index (κ3) is 10.3. The molecule has 0 aliphatic carbocycles. The van der Waals surface area contributed by atoms with Crippen molar-refractivity contribution in [3.05, 3.63) is 35.4 Å². The van der Waals surface area contributed by atoms with Gasteiger partial charge in [0, 0.05) is 25.9 Å². The van der Waals surface area contributed by atoms with Gasteiger partial charge < -0.3 is 24.2 Å². The lowest BCUT2D eigenvalue weighted by molar-refractivity contribution is -0.132. The number of carboxylic acid groups (broad SMARTS) is 1. The largest absolute Gasteiger partial charge is 0.477 e. The Morgan fingerprint density at radius 1 is 0.969 bits per heavy atom. The summed E-state index contributed by atoms with van der Waals surface area (Å²) in [6.45, 7) is 8.53. The fourth-order valence-electron chi connectivity index (χ4n) is 3.24. The molecule has 1 aromatic rings. The highest BCUT2D eigenvalue weighted by atomic mass is 16.5. The first-order chi connectivity index (χ1) is 15.6. The van der Waals surface area contributed by atoms with Crippen LogP contribution >= 0.6 is 0 Å². The van der Waals surface area contributed by atoms with Crippen molar-refractivity contribution in [2.45, 2.75) is 46.0 Å². The number of nitrogens with zero attached hydrogens (tertiary/aromatic N) is 2. The van der Waals surface area contributed by atoms with E-state index in [1.54, 1.807) is 7.11 Å². The molecule has 0 heterocycles. The summed E-state index contributed by atoms with van der Waals surface area (Å²) in [7, 11) is 1.61. The Kier molecular flexibility index (Phi) is 14.8. The molecule has 32 heavy (non-hydrogen) atoms. The van der Waals surface area contributed by atoms with Crippen LogP contribution in [0.5, 0.6) is 0 Å². The van der Waals surface area contributed by atoms with Crippen molar-refractivity contribution < 1.29 is 24.1 Å². The van der Waals surface area contributed by atoms with Crippen LogP contribution in [-0.4, -0.2) is 64.3 Å². The van der Waals surface area contributed by atoms with Gasteiger partial charge in [-0.05, 0) is 42.5 Å². The molecule has 0 atom stereocenters. The molecule has 0 aromatic heterocycles. The summed E-state index contributed by atoms with van der Waals surface area (Å²) < 4.78 is 15.8. The summed E-state index contributed by atoms with van der Waals surface area (Å²) >= 11 is 0. The molecule has 1 rings (SSSR count). The molecule has 0 aliphatic heterocycles. The van der Waals surface area contributed by atoms with Crippen LogP contribution in [0, 0.1) is 11.3 Å². The van der Waals surface area contributed by atoms with Gasteiger partial charge in [0.15, 0.2) is 0 Å². The Bertz CT molecular complexity index is 717. The number of benzene rings is 1. The molecule has 7 heteroatoms. The lowest BCUT2D eigenvalue weighted by atomic mass is 9.97. The second kappa shape index (κ2) is 17.2. The maximum atomic E-state index is 11.6. The smallest absolute Gasteiger partial charge is 0.346 e. The predicted molar refractivity (Wildman–Crippen MR) is 127 cm³/mol. The van der Waals surface area contributed by atoms with Crippen molar-refractivity contribution in [1.82, 2.24) is 0 Å². The number of unbranched alkanes of at least 4 members (excludes halogenated alkanes) is 2. The van der Waals surface area contributed by atoms with Gasteiger partial charge in [-0.15, -0.1) is 0 Å². The fraction of sp³-hybridized carbons (Fsp3) is 0.600. The SMILES string of the molecule is CCCCN(CCCC)c1ccc(C(CCOCCOCCOC)=C(C#N)C(=O)O)cc1. The van der Waals surface area contributed by atoms with Gasteiger partial charge in [-0.3, -0.25) is 0 Å². The number of hydrogen-bond acceptors (Lipinski definition) is 6. The van der Waals surface area contributed by atoms with E-state index in [-0.39, 0.29) is 5.57 Å². The summed E-state index contributed by atoms with van der Waals surface area (Å²) in [6.07, 6.45) is 4.85. The molecule has 0 radical (unpaired) electrons. The molecule has 0 unspecified atom stereocenters. The number of aliphatic carboxylic acids is 1. The molecule has 178 valence electrons. The van der Waals surface area contributed by atoms with Gasteiger partial charge in [-0.2, -0.15) is 5.26 Å². The number of anilines is 1. The zero-order valence-corrected chi connectivity index (χ0v) is 19.8. The Balaban J connectivity index is 2.87. The minimum Gasteiger partial charge on any atom is -0.477 e. The average molecular weight is 447 g/mol. The van der Waals surface area contributed by atoms with Crippen LogP contribution < -0.4 is 4.90 Å². The minimum absolute atomic E-state index is 0.244. The van der Waals surface area contributed by atoms with Crippen molar-refractivity contribution in [1.29, 1.82) is 5.26 Å². The zero-order chi connectivity index (χ0) is 23.6. The molecule has 0 saturated heterocycles. The standard InChI is InChI=1S/C25H38N2O5/c1-4-6-13-27(14-7-5-2)22-10-8-21(9-11-22)23(24(20-26)25(28)29)12-15-31-18-19-32-17-16-30-3/h8-11H,4-7,12-19H2,1-3H3,(H,28,29). The molecular formula is C25H38N2O5. The molecular weight excluding hydrogens is 408 g/mol. The van der Waals surface area contributed by atoms with Crippen molar-refractivity contribution >= 4 is 17.2 Å². The highest BCUT2D eigenvalue weighted by Gasteiger charge is 2.16. The molecule has 7 nitrogen and oxygen atoms in total. The highest BCUT2D eigenvalue weighted by Crippen LogP contribution is 2.26. The topological polar surface area (TPSA) is 92.0 Å².